The lowest BCUT2D eigenvalue weighted by atomic mass is 10.2. The number of hydrogen-bond acceptors (Lipinski definition) is 6. The fraction of sp³-hybridized carbons (Fsp3) is 0.192. The van der Waals surface area contributed by atoms with Gasteiger partial charge in [0.05, 0.1) is 23.7 Å². The van der Waals surface area contributed by atoms with Crippen LogP contribution >= 0.6 is 11.8 Å². The van der Waals surface area contributed by atoms with Gasteiger partial charge in [-0.15, -0.1) is 10.2 Å². The monoisotopic (exact) mass is 484 g/mol. The minimum atomic E-state index is -0.263. The number of benzene rings is 2. The zero-order valence-electron chi connectivity index (χ0n) is 19.2. The molecule has 35 heavy (non-hydrogen) atoms. The number of hydrogen-bond donors (Lipinski definition) is 1. The van der Waals surface area contributed by atoms with Gasteiger partial charge in [0, 0.05) is 30.4 Å². The van der Waals surface area contributed by atoms with Crippen LogP contribution in [0.4, 0.5) is 11.4 Å². The quantitative estimate of drug-likeness (QED) is 0.412. The number of pyridine rings is 1. The van der Waals surface area contributed by atoms with Gasteiger partial charge in [0.25, 0.3) is 0 Å². The van der Waals surface area contributed by atoms with Crippen LogP contribution in [0.15, 0.2) is 84.3 Å². The Bertz CT molecular complexity index is 1340. The van der Waals surface area contributed by atoms with Crippen molar-refractivity contribution in [3.8, 4) is 11.4 Å². The van der Waals surface area contributed by atoms with Crippen molar-refractivity contribution in [2.24, 2.45) is 0 Å². The number of thioether (sulfide) groups is 1. The molecule has 8 nitrogen and oxygen atoms in total. The highest BCUT2D eigenvalue weighted by Gasteiger charge is 2.30. The van der Waals surface area contributed by atoms with Crippen molar-refractivity contribution >= 4 is 35.0 Å². The molecule has 0 radical (unpaired) electrons. The maximum absolute atomic E-state index is 13.5. The van der Waals surface area contributed by atoms with Crippen LogP contribution in [0.25, 0.3) is 11.4 Å². The molecule has 1 unspecified atom stereocenters. The van der Waals surface area contributed by atoms with Gasteiger partial charge >= 0.3 is 0 Å². The first-order valence-electron chi connectivity index (χ1n) is 11.3. The summed E-state index contributed by atoms with van der Waals surface area (Å²) in [4.78, 5) is 31.5. The Hall–Kier alpha value is -3.98. The van der Waals surface area contributed by atoms with E-state index in [1.54, 1.807) is 17.3 Å². The second-order valence-electron chi connectivity index (χ2n) is 8.28. The van der Waals surface area contributed by atoms with Crippen molar-refractivity contribution < 1.29 is 9.59 Å². The first kappa shape index (κ1) is 22.8. The summed E-state index contributed by atoms with van der Waals surface area (Å²) in [6.45, 7) is 2.47. The lowest BCUT2D eigenvalue weighted by molar-refractivity contribution is -0.117. The summed E-state index contributed by atoms with van der Waals surface area (Å²) < 4.78 is 2.02. The van der Waals surface area contributed by atoms with E-state index in [0.717, 1.165) is 17.0 Å². The van der Waals surface area contributed by atoms with Gasteiger partial charge in [-0.2, -0.15) is 0 Å². The normalized spacial score (nSPS) is 15.3. The zero-order valence-corrected chi connectivity index (χ0v) is 20.0. The van der Waals surface area contributed by atoms with E-state index in [-0.39, 0.29) is 30.0 Å². The molecule has 2 amide bonds. The fourth-order valence-corrected chi connectivity index (χ4v) is 4.98. The van der Waals surface area contributed by atoms with E-state index >= 15 is 0 Å². The number of anilines is 2. The summed E-state index contributed by atoms with van der Waals surface area (Å²) in [6.07, 6.45) is 3.68. The SMILES string of the molecule is CC1CC(=O)Nc2ccccc2N1C(=O)CSc1nnc(-c2ccncc2)n1Cc1ccccc1. The van der Waals surface area contributed by atoms with Gasteiger partial charge < -0.3 is 10.2 Å². The molecule has 5 rings (SSSR count). The molecule has 4 aromatic rings. The average molecular weight is 485 g/mol. The van der Waals surface area contributed by atoms with E-state index in [0.29, 0.717) is 23.1 Å². The standard InChI is InChI=1S/C26H24N6O2S/c1-18-15-23(33)28-21-9-5-6-10-22(21)32(18)24(34)17-35-26-30-29-25(20-11-13-27-14-12-20)31(26)16-19-7-3-2-4-8-19/h2-14,18H,15-17H2,1H3,(H,28,33). The minimum absolute atomic E-state index is 0.0915. The molecular formula is C26H24N6O2S. The van der Waals surface area contributed by atoms with Crippen LogP contribution in [0, 0.1) is 0 Å². The third-order valence-corrected chi connectivity index (χ3v) is 6.74. The Labute approximate surface area is 207 Å². The second kappa shape index (κ2) is 10.1. The highest BCUT2D eigenvalue weighted by molar-refractivity contribution is 7.99. The Morgan fingerprint density at radius 1 is 1.03 bits per heavy atom. The smallest absolute Gasteiger partial charge is 0.237 e. The number of carbonyl (C=O) groups excluding carboxylic acids is 2. The minimum Gasteiger partial charge on any atom is -0.324 e. The molecule has 2 aromatic heterocycles. The molecule has 3 heterocycles. The lowest BCUT2D eigenvalue weighted by Crippen LogP contribution is -2.40. The van der Waals surface area contributed by atoms with Gasteiger partial charge in [-0.3, -0.25) is 19.1 Å². The summed E-state index contributed by atoms with van der Waals surface area (Å²) in [5.74, 6) is 0.689. The number of amides is 2. The molecule has 1 aliphatic heterocycles. The molecule has 0 saturated heterocycles. The fourth-order valence-electron chi connectivity index (χ4n) is 4.18. The van der Waals surface area contributed by atoms with Crippen molar-refractivity contribution in [3.63, 3.8) is 0 Å². The van der Waals surface area contributed by atoms with Crippen molar-refractivity contribution in [3.05, 3.63) is 84.7 Å². The summed E-state index contributed by atoms with van der Waals surface area (Å²) in [5, 5.41) is 12.4. The van der Waals surface area contributed by atoms with Crippen LogP contribution < -0.4 is 10.2 Å². The van der Waals surface area contributed by atoms with E-state index in [4.69, 9.17) is 0 Å². The third kappa shape index (κ3) is 4.95. The lowest BCUT2D eigenvalue weighted by Gasteiger charge is -2.27. The van der Waals surface area contributed by atoms with E-state index in [2.05, 4.69) is 32.6 Å². The van der Waals surface area contributed by atoms with Gasteiger partial charge in [0.2, 0.25) is 11.8 Å². The molecule has 0 bridgehead atoms. The predicted octanol–water partition coefficient (Wildman–Crippen LogP) is 4.24. The van der Waals surface area contributed by atoms with Gasteiger partial charge in [-0.1, -0.05) is 54.2 Å². The summed E-state index contributed by atoms with van der Waals surface area (Å²) in [5.41, 5.74) is 3.36. The largest absolute Gasteiger partial charge is 0.324 e. The van der Waals surface area contributed by atoms with Gasteiger partial charge in [-0.25, -0.2) is 0 Å². The van der Waals surface area contributed by atoms with E-state index < -0.39 is 0 Å². The van der Waals surface area contributed by atoms with Gasteiger partial charge in [-0.05, 0) is 36.8 Å². The van der Waals surface area contributed by atoms with Crippen LogP contribution in [-0.2, 0) is 16.1 Å². The zero-order chi connectivity index (χ0) is 24.2. The Morgan fingerprint density at radius 2 is 1.77 bits per heavy atom. The maximum atomic E-state index is 13.5. The third-order valence-electron chi connectivity index (χ3n) is 5.79. The molecule has 1 atom stereocenters. The number of para-hydroxylation sites is 2. The topological polar surface area (TPSA) is 93.0 Å². The summed E-state index contributed by atoms with van der Waals surface area (Å²) in [6, 6.07) is 21.0. The van der Waals surface area contributed by atoms with Crippen molar-refractivity contribution in [2.75, 3.05) is 16.0 Å². The molecule has 0 fully saturated rings. The Kier molecular flexibility index (Phi) is 6.58. The maximum Gasteiger partial charge on any atom is 0.237 e. The summed E-state index contributed by atoms with van der Waals surface area (Å²) in [7, 11) is 0. The van der Waals surface area contributed by atoms with Crippen LogP contribution in [0.2, 0.25) is 0 Å². The Morgan fingerprint density at radius 3 is 2.57 bits per heavy atom. The second-order valence-corrected chi connectivity index (χ2v) is 9.23. The first-order chi connectivity index (χ1) is 17.1. The number of rotatable bonds is 6. The molecule has 1 N–H and O–H groups in total. The molecule has 9 heteroatoms. The van der Waals surface area contributed by atoms with Crippen LogP contribution in [0.3, 0.4) is 0 Å². The van der Waals surface area contributed by atoms with Gasteiger partial charge in [0.1, 0.15) is 0 Å². The highest BCUT2D eigenvalue weighted by atomic mass is 32.2. The van der Waals surface area contributed by atoms with Gasteiger partial charge in [0.15, 0.2) is 11.0 Å². The number of fused-ring (bicyclic) bond motifs is 1. The number of aromatic nitrogens is 4. The van der Waals surface area contributed by atoms with Crippen molar-refractivity contribution in [1.29, 1.82) is 0 Å². The average Bonchev–Trinajstić information content (AvgIpc) is 3.21. The summed E-state index contributed by atoms with van der Waals surface area (Å²) >= 11 is 1.35. The predicted molar refractivity (Wildman–Crippen MR) is 136 cm³/mol. The highest BCUT2D eigenvalue weighted by Crippen LogP contribution is 2.32. The number of carbonyl (C=O) groups is 2. The first-order valence-corrected chi connectivity index (χ1v) is 12.3. The van der Waals surface area contributed by atoms with Crippen molar-refractivity contribution in [1.82, 2.24) is 19.7 Å². The molecule has 1 aliphatic rings. The van der Waals surface area contributed by atoms with Crippen LogP contribution in [0.5, 0.6) is 0 Å². The van der Waals surface area contributed by atoms with Crippen LogP contribution in [-0.4, -0.2) is 43.4 Å². The Balaban J connectivity index is 1.42. The molecular weight excluding hydrogens is 460 g/mol. The molecule has 0 spiro atoms. The van der Waals surface area contributed by atoms with Crippen molar-refractivity contribution in [2.45, 2.75) is 31.1 Å². The number of nitrogens with one attached hydrogen (secondary N) is 1. The van der Waals surface area contributed by atoms with Crippen LogP contribution in [0.1, 0.15) is 18.9 Å². The number of nitrogens with zero attached hydrogens (tertiary/aromatic N) is 5. The molecule has 0 saturated carbocycles. The molecule has 176 valence electrons. The van der Waals surface area contributed by atoms with E-state index in [9.17, 15) is 9.59 Å². The van der Waals surface area contributed by atoms with E-state index in [1.165, 1.54) is 11.8 Å². The molecule has 2 aromatic carbocycles. The van der Waals surface area contributed by atoms with E-state index in [1.807, 2.05) is 66.1 Å². The molecule has 0 aliphatic carbocycles.